The fourth-order valence-corrected chi connectivity index (χ4v) is 4.37. The number of carbonyl (C=O) groups excluding carboxylic acids is 2. The molecule has 178 valence electrons. The fraction of sp³-hybridized carbons (Fsp3) is 0.182. The van der Waals surface area contributed by atoms with Gasteiger partial charge in [0.2, 0.25) is 22.7 Å². The van der Waals surface area contributed by atoms with Crippen molar-refractivity contribution in [3.05, 3.63) is 53.1 Å². The van der Waals surface area contributed by atoms with E-state index in [9.17, 15) is 9.59 Å². The van der Waals surface area contributed by atoms with Gasteiger partial charge < -0.3 is 19.5 Å². The number of anilines is 2. The number of benzene rings is 2. The lowest BCUT2D eigenvalue weighted by Gasteiger charge is -2.12. The predicted octanol–water partition coefficient (Wildman–Crippen LogP) is 4.60. The van der Waals surface area contributed by atoms with E-state index < -0.39 is 0 Å². The predicted molar refractivity (Wildman–Crippen MR) is 134 cm³/mol. The van der Waals surface area contributed by atoms with E-state index in [0.717, 1.165) is 0 Å². The summed E-state index contributed by atoms with van der Waals surface area (Å²) >= 11 is 8.22. The maximum absolute atomic E-state index is 12.3. The number of halogens is 1. The third-order valence-corrected chi connectivity index (χ3v) is 6.43. The van der Waals surface area contributed by atoms with E-state index >= 15 is 0 Å². The highest BCUT2D eigenvalue weighted by atomic mass is 35.5. The second-order valence-electron chi connectivity index (χ2n) is 6.50. The molecular weight excluding hydrogens is 500 g/mol. The smallest absolute Gasteiger partial charge is 0.250 e. The van der Waals surface area contributed by atoms with Crippen LogP contribution in [0.1, 0.15) is 5.56 Å². The topological polar surface area (TPSA) is 112 Å². The Labute approximate surface area is 209 Å². The Morgan fingerprint density at radius 1 is 1.03 bits per heavy atom. The molecule has 0 aliphatic rings. The highest BCUT2D eigenvalue weighted by Crippen LogP contribution is 2.38. The van der Waals surface area contributed by atoms with Crippen molar-refractivity contribution in [3.63, 3.8) is 0 Å². The van der Waals surface area contributed by atoms with Crippen molar-refractivity contribution in [3.8, 4) is 17.2 Å². The zero-order valence-electron chi connectivity index (χ0n) is 18.5. The minimum Gasteiger partial charge on any atom is -0.493 e. The number of thioether (sulfide) groups is 1. The molecule has 0 aliphatic heterocycles. The monoisotopic (exact) mass is 520 g/mol. The van der Waals surface area contributed by atoms with Crippen LogP contribution in [0.3, 0.4) is 0 Å². The maximum atomic E-state index is 12.3. The van der Waals surface area contributed by atoms with Crippen LogP contribution in [0.2, 0.25) is 5.02 Å². The molecule has 2 N–H and O–H groups in total. The van der Waals surface area contributed by atoms with E-state index in [1.165, 1.54) is 50.5 Å². The SMILES string of the molecule is COc1cc(/C=C/C(=O)Nc2nnc(SCC(=O)Nc3ccc(Cl)cc3)s2)cc(OC)c1OC. The third kappa shape index (κ3) is 7.11. The standard InChI is InChI=1S/C22H21ClN4O5S2/c1-30-16-10-13(11-17(31-2)20(16)32-3)4-9-18(28)25-21-26-27-22(34-21)33-12-19(29)24-15-7-5-14(23)6-8-15/h4-11H,12H2,1-3H3,(H,24,29)(H,25,26,28)/b9-4+. The minimum atomic E-state index is -0.387. The Kier molecular flexibility index (Phi) is 9.14. The van der Waals surface area contributed by atoms with Gasteiger partial charge in [0, 0.05) is 16.8 Å². The van der Waals surface area contributed by atoms with E-state index in [2.05, 4.69) is 20.8 Å². The first kappa shape index (κ1) is 25.3. The lowest BCUT2D eigenvalue weighted by Crippen LogP contribution is -2.13. The molecular formula is C22H21ClN4O5S2. The molecule has 12 heteroatoms. The van der Waals surface area contributed by atoms with Crippen molar-refractivity contribution in [2.75, 3.05) is 37.7 Å². The van der Waals surface area contributed by atoms with Crippen LogP contribution in [0.5, 0.6) is 17.2 Å². The second-order valence-corrected chi connectivity index (χ2v) is 9.13. The molecule has 0 aliphatic carbocycles. The van der Waals surface area contributed by atoms with Gasteiger partial charge in [-0.1, -0.05) is 34.7 Å². The Hall–Kier alpha value is -3.28. The largest absolute Gasteiger partial charge is 0.493 e. The van der Waals surface area contributed by atoms with Crippen LogP contribution in [0, 0.1) is 0 Å². The lowest BCUT2D eigenvalue weighted by molar-refractivity contribution is -0.114. The molecule has 0 unspecified atom stereocenters. The van der Waals surface area contributed by atoms with Gasteiger partial charge in [0.25, 0.3) is 0 Å². The average Bonchev–Trinajstić information content (AvgIpc) is 3.29. The van der Waals surface area contributed by atoms with Gasteiger partial charge in [-0.2, -0.15) is 0 Å². The average molecular weight is 521 g/mol. The summed E-state index contributed by atoms with van der Waals surface area (Å²) in [6, 6.07) is 10.3. The summed E-state index contributed by atoms with van der Waals surface area (Å²) in [4.78, 5) is 24.4. The summed E-state index contributed by atoms with van der Waals surface area (Å²) in [5.41, 5.74) is 1.34. The van der Waals surface area contributed by atoms with Crippen molar-refractivity contribution in [2.24, 2.45) is 0 Å². The number of carbonyl (C=O) groups is 2. The zero-order valence-corrected chi connectivity index (χ0v) is 20.8. The molecule has 0 bridgehead atoms. The first-order valence-electron chi connectivity index (χ1n) is 9.72. The van der Waals surface area contributed by atoms with Crippen LogP contribution >= 0.6 is 34.7 Å². The molecule has 0 atom stereocenters. The van der Waals surface area contributed by atoms with Crippen molar-refractivity contribution < 1.29 is 23.8 Å². The van der Waals surface area contributed by atoms with E-state index in [0.29, 0.717) is 43.0 Å². The number of amides is 2. The highest BCUT2D eigenvalue weighted by Gasteiger charge is 2.13. The van der Waals surface area contributed by atoms with E-state index in [1.54, 1.807) is 42.5 Å². The molecule has 34 heavy (non-hydrogen) atoms. The van der Waals surface area contributed by atoms with Crippen LogP contribution in [0.4, 0.5) is 10.8 Å². The molecule has 2 amide bonds. The normalized spacial score (nSPS) is 10.7. The van der Waals surface area contributed by atoms with E-state index in [4.69, 9.17) is 25.8 Å². The van der Waals surface area contributed by atoms with Gasteiger partial charge in [0.1, 0.15) is 0 Å². The number of ether oxygens (including phenoxy) is 3. The fourth-order valence-electron chi connectivity index (χ4n) is 2.69. The van der Waals surface area contributed by atoms with Gasteiger partial charge in [-0.15, -0.1) is 10.2 Å². The van der Waals surface area contributed by atoms with Crippen molar-refractivity contribution >= 4 is 63.4 Å². The summed E-state index contributed by atoms with van der Waals surface area (Å²) in [6.07, 6.45) is 2.96. The summed E-state index contributed by atoms with van der Waals surface area (Å²) in [5.74, 6) is 0.989. The van der Waals surface area contributed by atoms with Gasteiger partial charge >= 0.3 is 0 Å². The minimum absolute atomic E-state index is 0.145. The van der Waals surface area contributed by atoms with Gasteiger partial charge in [0.15, 0.2) is 15.8 Å². The molecule has 0 fully saturated rings. The number of methoxy groups -OCH3 is 3. The number of nitrogens with zero attached hydrogens (tertiary/aromatic N) is 2. The van der Waals surface area contributed by atoms with Gasteiger partial charge in [0.05, 0.1) is 27.1 Å². The summed E-state index contributed by atoms with van der Waals surface area (Å²) < 4.78 is 16.5. The van der Waals surface area contributed by atoms with Crippen LogP contribution < -0.4 is 24.8 Å². The molecule has 1 heterocycles. The maximum Gasteiger partial charge on any atom is 0.250 e. The van der Waals surface area contributed by atoms with Crippen molar-refractivity contribution in [1.82, 2.24) is 10.2 Å². The quantitative estimate of drug-likeness (QED) is 0.226. The molecule has 2 aromatic carbocycles. The number of aromatic nitrogens is 2. The number of rotatable bonds is 10. The summed E-state index contributed by atoms with van der Waals surface area (Å²) in [7, 11) is 4.55. The van der Waals surface area contributed by atoms with Crippen molar-refractivity contribution in [1.29, 1.82) is 0 Å². The molecule has 3 aromatic rings. The van der Waals surface area contributed by atoms with Crippen LogP contribution in [0.25, 0.3) is 6.08 Å². The van der Waals surface area contributed by atoms with Gasteiger partial charge in [-0.05, 0) is 48.0 Å². The molecule has 0 saturated carbocycles. The van der Waals surface area contributed by atoms with Crippen LogP contribution in [-0.2, 0) is 9.59 Å². The van der Waals surface area contributed by atoms with Crippen molar-refractivity contribution in [2.45, 2.75) is 4.34 Å². The van der Waals surface area contributed by atoms with Crippen LogP contribution in [-0.4, -0.2) is 49.1 Å². The Balaban J connectivity index is 1.53. The Morgan fingerprint density at radius 3 is 2.32 bits per heavy atom. The first-order chi connectivity index (χ1) is 16.4. The second kappa shape index (κ2) is 12.3. The molecule has 0 spiro atoms. The van der Waals surface area contributed by atoms with Crippen LogP contribution in [0.15, 0.2) is 46.8 Å². The molecule has 9 nitrogen and oxygen atoms in total. The zero-order chi connectivity index (χ0) is 24.5. The number of hydrogen-bond acceptors (Lipinski definition) is 9. The first-order valence-corrected chi connectivity index (χ1v) is 11.9. The lowest BCUT2D eigenvalue weighted by atomic mass is 10.1. The summed E-state index contributed by atoms with van der Waals surface area (Å²) in [5, 5.41) is 14.3. The summed E-state index contributed by atoms with van der Waals surface area (Å²) in [6.45, 7) is 0. The molecule has 0 saturated heterocycles. The molecule has 1 aromatic heterocycles. The number of nitrogens with one attached hydrogen (secondary N) is 2. The number of hydrogen-bond donors (Lipinski definition) is 2. The molecule has 3 rings (SSSR count). The van der Waals surface area contributed by atoms with E-state index in [-0.39, 0.29) is 17.6 Å². The Morgan fingerprint density at radius 2 is 1.71 bits per heavy atom. The highest BCUT2D eigenvalue weighted by molar-refractivity contribution is 8.01. The van der Waals surface area contributed by atoms with Gasteiger partial charge in [-0.3, -0.25) is 14.9 Å². The van der Waals surface area contributed by atoms with E-state index in [1.807, 2.05) is 0 Å². The third-order valence-electron chi connectivity index (χ3n) is 4.21. The Bertz CT molecular complexity index is 1160. The van der Waals surface area contributed by atoms with Gasteiger partial charge in [-0.25, -0.2) is 0 Å². The molecule has 0 radical (unpaired) electrons.